The van der Waals surface area contributed by atoms with Gasteiger partial charge >= 0.3 is 0 Å². The van der Waals surface area contributed by atoms with E-state index in [2.05, 4.69) is 81.7 Å². The van der Waals surface area contributed by atoms with Gasteiger partial charge in [0.15, 0.2) is 0 Å². The van der Waals surface area contributed by atoms with Crippen LogP contribution in [0, 0.1) is 47.3 Å². The summed E-state index contributed by atoms with van der Waals surface area (Å²) >= 11 is 0. The van der Waals surface area contributed by atoms with Crippen molar-refractivity contribution in [2.45, 2.75) is 73.3 Å². The molecule has 1 nitrogen and oxygen atoms in total. The first-order valence-corrected chi connectivity index (χ1v) is 13.2. The molecule has 5 atom stereocenters. The smallest absolute Gasteiger partial charge is 0.0841 e. The molecular weight excluding hydrogens is 410 g/mol. The van der Waals surface area contributed by atoms with Gasteiger partial charge in [0.1, 0.15) is 0 Å². The maximum Gasteiger partial charge on any atom is 0.0841 e. The molecule has 3 rings (SSSR count). The van der Waals surface area contributed by atoms with Gasteiger partial charge in [-0.15, -0.1) is 6.42 Å². The summed E-state index contributed by atoms with van der Waals surface area (Å²) in [7, 11) is 0. The molecule has 2 aliphatic rings. The molecular formula is C33H45N. The highest BCUT2D eigenvalue weighted by Gasteiger charge is 2.51. The van der Waals surface area contributed by atoms with Crippen LogP contribution in [-0.2, 0) is 6.54 Å². The molecule has 0 amide bonds. The Morgan fingerprint density at radius 3 is 2.62 bits per heavy atom. The Bertz CT molecular complexity index is 1000. The van der Waals surface area contributed by atoms with Crippen molar-refractivity contribution in [3.05, 3.63) is 66.6 Å². The van der Waals surface area contributed by atoms with Crippen molar-refractivity contribution in [1.82, 2.24) is 4.57 Å². The Labute approximate surface area is 209 Å². The second kappa shape index (κ2) is 11.3. The summed E-state index contributed by atoms with van der Waals surface area (Å²) in [6.07, 6.45) is 27.3. The molecule has 0 radical (unpaired) electrons. The molecule has 2 fully saturated rings. The summed E-state index contributed by atoms with van der Waals surface area (Å²) in [5.74, 6) is 6.93. The molecule has 182 valence electrons. The number of terminal acetylenes is 1. The summed E-state index contributed by atoms with van der Waals surface area (Å²) in [6, 6.07) is 2.26. The topological polar surface area (TPSA) is 4.93 Å². The average Bonchev–Trinajstić information content (AvgIpc) is 3.12. The maximum absolute atomic E-state index is 5.75. The van der Waals surface area contributed by atoms with Gasteiger partial charge in [0.2, 0.25) is 0 Å². The minimum Gasteiger partial charge on any atom is -0.329 e. The fourth-order valence-corrected chi connectivity index (χ4v) is 7.51. The molecule has 2 aliphatic carbocycles. The van der Waals surface area contributed by atoms with Gasteiger partial charge in [0.05, 0.1) is 6.54 Å². The largest absolute Gasteiger partial charge is 0.329 e. The van der Waals surface area contributed by atoms with Crippen LogP contribution < -0.4 is 0 Å². The number of rotatable bonds is 9. The number of aromatic nitrogens is 1. The summed E-state index contributed by atoms with van der Waals surface area (Å²) < 4.78 is 2.19. The Morgan fingerprint density at radius 1 is 1.24 bits per heavy atom. The van der Waals surface area contributed by atoms with Crippen molar-refractivity contribution in [3.63, 3.8) is 0 Å². The van der Waals surface area contributed by atoms with Crippen LogP contribution in [0.2, 0.25) is 0 Å². The molecule has 1 heterocycles. The fourth-order valence-electron chi connectivity index (χ4n) is 7.51. The van der Waals surface area contributed by atoms with E-state index in [0.29, 0.717) is 17.9 Å². The van der Waals surface area contributed by atoms with Gasteiger partial charge in [-0.1, -0.05) is 83.2 Å². The maximum atomic E-state index is 5.75. The Balaban J connectivity index is 1.99. The summed E-state index contributed by atoms with van der Waals surface area (Å²) in [5.41, 5.74) is 4.89. The van der Waals surface area contributed by atoms with Gasteiger partial charge in [-0.05, 0) is 97.3 Å². The van der Waals surface area contributed by atoms with Crippen molar-refractivity contribution < 1.29 is 0 Å². The zero-order chi connectivity index (χ0) is 24.9. The third-order valence-corrected chi connectivity index (χ3v) is 8.80. The van der Waals surface area contributed by atoms with Crippen LogP contribution >= 0.6 is 0 Å². The van der Waals surface area contributed by atoms with E-state index < -0.39 is 0 Å². The van der Waals surface area contributed by atoms with Crippen LogP contribution in [0.15, 0.2) is 49.6 Å². The number of allylic oxidation sites excluding steroid dienone is 6. The standard InChI is InChI=1S/C33H45N/c1-9-14-28(15-10-2)32-23-29(31(12-4)34(32)18-11-3)16-13-17-33(24(5)6)26(8)21-27-19-25(7)20-30(33)22-27/h3,9-10,12-16,23-27,30H,1,4,17-22H2,2,5-8H3/b15-10-,16-13-,28-14+. The molecule has 34 heavy (non-hydrogen) atoms. The molecule has 0 saturated heterocycles. The number of nitrogens with zero attached hydrogens (tertiary/aromatic N) is 1. The van der Waals surface area contributed by atoms with E-state index in [9.17, 15) is 0 Å². The lowest BCUT2D eigenvalue weighted by molar-refractivity contribution is -0.0702. The second-order valence-electron chi connectivity index (χ2n) is 11.1. The highest BCUT2D eigenvalue weighted by atomic mass is 15.0. The quantitative estimate of drug-likeness (QED) is 0.258. The van der Waals surface area contributed by atoms with E-state index in [4.69, 9.17) is 6.42 Å². The Hall–Kier alpha value is -2.46. The summed E-state index contributed by atoms with van der Waals surface area (Å²) in [6.45, 7) is 20.5. The minimum atomic E-state index is 0.388. The molecule has 2 saturated carbocycles. The van der Waals surface area contributed by atoms with Crippen LogP contribution in [0.5, 0.6) is 0 Å². The van der Waals surface area contributed by atoms with Crippen LogP contribution in [0.1, 0.15) is 83.7 Å². The normalized spacial score (nSPS) is 29.6. The fraction of sp³-hybridized carbons (Fsp3) is 0.515. The van der Waals surface area contributed by atoms with Crippen LogP contribution in [0.25, 0.3) is 17.7 Å². The SMILES string of the molecule is C#CCn1c(C(/C=C\C)=C/C=C)cc(/C=C\CC2(C(C)C)C(C)CC3CC(C)CC2C3)c1C=C. The minimum absolute atomic E-state index is 0.388. The van der Waals surface area contributed by atoms with E-state index in [1.165, 1.54) is 31.2 Å². The summed E-state index contributed by atoms with van der Waals surface area (Å²) in [5, 5.41) is 0. The first-order chi connectivity index (χ1) is 16.3. The lowest BCUT2D eigenvalue weighted by Gasteiger charge is -2.57. The lowest BCUT2D eigenvalue weighted by atomic mass is 9.48. The molecule has 2 bridgehead atoms. The van der Waals surface area contributed by atoms with Crippen LogP contribution in [0.3, 0.4) is 0 Å². The van der Waals surface area contributed by atoms with Crippen molar-refractivity contribution in [1.29, 1.82) is 0 Å². The first kappa shape index (κ1) is 26.2. The molecule has 1 aromatic rings. The number of hydrogen-bond acceptors (Lipinski definition) is 0. The van der Waals surface area contributed by atoms with Crippen molar-refractivity contribution in [3.8, 4) is 12.3 Å². The molecule has 0 aromatic carbocycles. The second-order valence-corrected chi connectivity index (χ2v) is 11.1. The zero-order valence-electron chi connectivity index (χ0n) is 22.2. The van der Waals surface area contributed by atoms with Gasteiger partial charge in [-0.2, -0.15) is 0 Å². The summed E-state index contributed by atoms with van der Waals surface area (Å²) in [4.78, 5) is 0. The molecule has 0 aliphatic heterocycles. The highest BCUT2D eigenvalue weighted by Crippen LogP contribution is 2.59. The third-order valence-electron chi connectivity index (χ3n) is 8.80. The first-order valence-electron chi connectivity index (χ1n) is 13.2. The predicted octanol–water partition coefficient (Wildman–Crippen LogP) is 9.05. The van der Waals surface area contributed by atoms with E-state index in [0.717, 1.165) is 47.1 Å². The highest BCUT2D eigenvalue weighted by molar-refractivity contribution is 5.78. The zero-order valence-corrected chi connectivity index (χ0v) is 22.2. The van der Waals surface area contributed by atoms with Gasteiger partial charge in [-0.25, -0.2) is 0 Å². The predicted molar refractivity (Wildman–Crippen MR) is 151 cm³/mol. The van der Waals surface area contributed by atoms with Crippen LogP contribution in [-0.4, -0.2) is 4.57 Å². The van der Waals surface area contributed by atoms with E-state index >= 15 is 0 Å². The molecule has 0 spiro atoms. The van der Waals surface area contributed by atoms with E-state index in [1.807, 2.05) is 25.2 Å². The van der Waals surface area contributed by atoms with Crippen LogP contribution in [0.4, 0.5) is 0 Å². The van der Waals surface area contributed by atoms with Gasteiger partial charge in [0, 0.05) is 11.4 Å². The third kappa shape index (κ3) is 4.98. The molecule has 1 aromatic heterocycles. The van der Waals surface area contributed by atoms with Gasteiger partial charge < -0.3 is 4.57 Å². The van der Waals surface area contributed by atoms with E-state index in [1.54, 1.807) is 0 Å². The number of hydrogen-bond donors (Lipinski definition) is 0. The van der Waals surface area contributed by atoms with Crippen molar-refractivity contribution in [2.24, 2.45) is 35.0 Å². The molecule has 5 unspecified atom stereocenters. The molecule has 0 N–H and O–H groups in total. The van der Waals surface area contributed by atoms with Gasteiger partial charge in [0.25, 0.3) is 0 Å². The lowest BCUT2D eigenvalue weighted by Crippen LogP contribution is -2.49. The van der Waals surface area contributed by atoms with E-state index in [-0.39, 0.29) is 0 Å². The Morgan fingerprint density at radius 2 is 2.00 bits per heavy atom. The monoisotopic (exact) mass is 455 g/mol. The average molecular weight is 456 g/mol. The Kier molecular flexibility index (Phi) is 8.70. The van der Waals surface area contributed by atoms with Crippen molar-refractivity contribution >= 4 is 17.7 Å². The van der Waals surface area contributed by atoms with Crippen molar-refractivity contribution in [2.75, 3.05) is 0 Å². The number of fused-ring (bicyclic) bond motifs is 2. The molecule has 1 heteroatoms. The van der Waals surface area contributed by atoms with Gasteiger partial charge in [-0.3, -0.25) is 0 Å².